The first-order valence-corrected chi connectivity index (χ1v) is 5.57. The summed E-state index contributed by atoms with van der Waals surface area (Å²) in [5.41, 5.74) is -0.946. The number of hydrogen-bond acceptors (Lipinski definition) is 4. The molecule has 17 heavy (non-hydrogen) atoms. The zero-order valence-electron chi connectivity index (χ0n) is 9.67. The van der Waals surface area contributed by atoms with E-state index >= 15 is 0 Å². The standard InChI is InChI=1S/C11H15N3O3/c1-13-4-2-3-8(5-13)14-6-9(11(16)17)10(15)12-7-14/h6-8H,2-5H2,1H3,(H,16,17). The highest BCUT2D eigenvalue weighted by Gasteiger charge is 2.19. The summed E-state index contributed by atoms with van der Waals surface area (Å²) < 4.78 is 1.74. The van der Waals surface area contributed by atoms with E-state index in [2.05, 4.69) is 9.88 Å². The lowest BCUT2D eigenvalue weighted by atomic mass is 10.1. The molecule has 0 spiro atoms. The van der Waals surface area contributed by atoms with Crippen molar-refractivity contribution in [3.8, 4) is 0 Å². The number of aromatic carboxylic acids is 1. The zero-order valence-corrected chi connectivity index (χ0v) is 9.67. The number of hydrogen-bond donors (Lipinski definition) is 1. The van der Waals surface area contributed by atoms with Crippen LogP contribution in [0.15, 0.2) is 17.3 Å². The van der Waals surface area contributed by atoms with Gasteiger partial charge < -0.3 is 14.6 Å². The first-order valence-electron chi connectivity index (χ1n) is 5.57. The zero-order chi connectivity index (χ0) is 12.4. The van der Waals surface area contributed by atoms with Crippen LogP contribution in [-0.4, -0.2) is 45.7 Å². The monoisotopic (exact) mass is 237 g/mol. The average Bonchev–Trinajstić information content (AvgIpc) is 2.29. The lowest BCUT2D eigenvalue weighted by Gasteiger charge is -2.31. The molecule has 0 radical (unpaired) electrons. The van der Waals surface area contributed by atoms with Crippen molar-refractivity contribution >= 4 is 5.97 Å². The van der Waals surface area contributed by atoms with Gasteiger partial charge in [-0.1, -0.05) is 0 Å². The molecule has 92 valence electrons. The van der Waals surface area contributed by atoms with E-state index in [0.29, 0.717) is 0 Å². The number of carbonyl (C=O) groups is 1. The maximum absolute atomic E-state index is 11.2. The molecule has 1 aliphatic heterocycles. The number of carboxylic acids is 1. The lowest BCUT2D eigenvalue weighted by molar-refractivity contribution is 0.0693. The number of carboxylic acid groups (broad SMARTS) is 1. The molecule has 1 aromatic rings. The van der Waals surface area contributed by atoms with Crippen molar-refractivity contribution in [3.05, 3.63) is 28.4 Å². The minimum absolute atomic E-state index is 0.194. The number of likely N-dealkylation sites (tertiary alicyclic amines) is 1. The minimum atomic E-state index is -1.22. The quantitative estimate of drug-likeness (QED) is 0.795. The topological polar surface area (TPSA) is 75.4 Å². The molecule has 1 fully saturated rings. The van der Waals surface area contributed by atoms with Crippen LogP contribution in [0.5, 0.6) is 0 Å². The fraction of sp³-hybridized carbons (Fsp3) is 0.545. The van der Waals surface area contributed by atoms with Crippen LogP contribution in [-0.2, 0) is 0 Å². The van der Waals surface area contributed by atoms with Crippen molar-refractivity contribution < 1.29 is 9.90 Å². The molecule has 1 atom stereocenters. The van der Waals surface area contributed by atoms with E-state index in [9.17, 15) is 9.59 Å². The third-order valence-electron chi connectivity index (χ3n) is 3.07. The SMILES string of the molecule is CN1CCCC(n2cnc(=O)c(C(=O)O)c2)C1. The minimum Gasteiger partial charge on any atom is -0.477 e. The van der Waals surface area contributed by atoms with Gasteiger partial charge in [0.05, 0.1) is 6.33 Å². The molecular weight excluding hydrogens is 222 g/mol. The van der Waals surface area contributed by atoms with Crippen LogP contribution >= 0.6 is 0 Å². The van der Waals surface area contributed by atoms with Crippen LogP contribution in [0.3, 0.4) is 0 Å². The summed E-state index contributed by atoms with van der Waals surface area (Å²) >= 11 is 0. The van der Waals surface area contributed by atoms with Gasteiger partial charge in [0, 0.05) is 18.8 Å². The van der Waals surface area contributed by atoms with Crippen LogP contribution in [0.4, 0.5) is 0 Å². The summed E-state index contributed by atoms with van der Waals surface area (Å²) in [4.78, 5) is 27.9. The van der Waals surface area contributed by atoms with E-state index in [1.807, 2.05) is 7.05 Å². The molecule has 0 saturated carbocycles. The maximum Gasteiger partial charge on any atom is 0.342 e. The summed E-state index contributed by atoms with van der Waals surface area (Å²) in [6.07, 6.45) is 4.86. The summed E-state index contributed by atoms with van der Waals surface area (Å²) in [5.74, 6) is -1.22. The van der Waals surface area contributed by atoms with Crippen molar-refractivity contribution in [2.75, 3.05) is 20.1 Å². The predicted molar refractivity (Wildman–Crippen MR) is 61.2 cm³/mol. The highest BCUT2D eigenvalue weighted by molar-refractivity contribution is 5.86. The van der Waals surface area contributed by atoms with Gasteiger partial charge in [0.25, 0.3) is 5.56 Å². The summed E-state index contributed by atoms with van der Waals surface area (Å²) in [6.45, 7) is 1.90. The molecule has 0 bridgehead atoms. The second-order valence-corrected chi connectivity index (χ2v) is 4.40. The molecular formula is C11H15N3O3. The fourth-order valence-corrected chi connectivity index (χ4v) is 2.16. The van der Waals surface area contributed by atoms with E-state index < -0.39 is 11.5 Å². The van der Waals surface area contributed by atoms with E-state index in [-0.39, 0.29) is 11.6 Å². The van der Waals surface area contributed by atoms with Gasteiger partial charge in [0.2, 0.25) is 0 Å². The van der Waals surface area contributed by atoms with Gasteiger partial charge in [-0.2, -0.15) is 4.98 Å². The number of likely N-dealkylation sites (N-methyl/N-ethyl adjacent to an activating group) is 1. The Morgan fingerprint density at radius 1 is 1.59 bits per heavy atom. The number of rotatable bonds is 2. The molecule has 1 aliphatic rings. The van der Waals surface area contributed by atoms with E-state index in [4.69, 9.17) is 5.11 Å². The van der Waals surface area contributed by atoms with Crippen LogP contribution in [0.25, 0.3) is 0 Å². The first-order chi connectivity index (χ1) is 8.08. The Hall–Kier alpha value is -1.69. The van der Waals surface area contributed by atoms with E-state index in [0.717, 1.165) is 25.9 Å². The number of nitrogens with zero attached hydrogens (tertiary/aromatic N) is 3. The highest BCUT2D eigenvalue weighted by atomic mass is 16.4. The van der Waals surface area contributed by atoms with Crippen molar-refractivity contribution in [1.29, 1.82) is 0 Å². The highest BCUT2D eigenvalue weighted by Crippen LogP contribution is 2.19. The van der Waals surface area contributed by atoms with Crippen molar-refractivity contribution in [2.24, 2.45) is 0 Å². The Labute approximate surface area is 98.5 Å². The van der Waals surface area contributed by atoms with Crippen LogP contribution in [0.1, 0.15) is 29.2 Å². The van der Waals surface area contributed by atoms with Crippen LogP contribution < -0.4 is 5.56 Å². The molecule has 2 heterocycles. The third-order valence-corrected chi connectivity index (χ3v) is 3.07. The Kier molecular flexibility index (Phi) is 3.23. The molecule has 1 N–H and O–H groups in total. The van der Waals surface area contributed by atoms with Gasteiger partial charge in [-0.05, 0) is 26.4 Å². The van der Waals surface area contributed by atoms with Gasteiger partial charge in [0.15, 0.2) is 0 Å². The van der Waals surface area contributed by atoms with Crippen molar-refractivity contribution in [2.45, 2.75) is 18.9 Å². The second kappa shape index (κ2) is 4.67. The van der Waals surface area contributed by atoms with Crippen LogP contribution in [0.2, 0.25) is 0 Å². The van der Waals surface area contributed by atoms with E-state index in [1.165, 1.54) is 12.5 Å². The molecule has 1 aromatic heterocycles. The molecule has 1 saturated heterocycles. The van der Waals surface area contributed by atoms with Crippen molar-refractivity contribution in [3.63, 3.8) is 0 Å². The average molecular weight is 237 g/mol. The first kappa shape index (κ1) is 11.8. The lowest BCUT2D eigenvalue weighted by Crippen LogP contribution is -2.34. The summed E-state index contributed by atoms with van der Waals surface area (Å²) in [6, 6.07) is 0.194. The smallest absolute Gasteiger partial charge is 0.342 e. The Morgan fingerprint density at radius 2 is 2.35 bits per heavy atom. The fourth-order valence-electron chi connectivity index (χ4n) is 2.16. The largest absolute Gasteiger partial charge is 0.477 e. The molecule has 0 aromatic carbocycles. The molecule has 0 amide bonds. The van der Waals surface area contributed by atoms with Crippen molar-refractivity contribution in [1.82, 2.24) is 14.5 Å². The van der Waals surface area contributed by atoms with Gasteiger partial charge >= 0.3 is 5.97 Å². The maximum atomic E-state index is 11.2. The molecule has 2 rings (SSSR count). The van der Waals surface area contributed by atoms with Gasteiger partial charge in [-0.25, -0.2) is 4.79 Å². The van der Waals surface area contributed by atoms with E-state index in [1.54, 1.807) is 4.57 Å². The molecule has 0 aliphatic carbocycles. The summed E-state index contributed by atoms with van der Waals surface area (Å²) in [5, 5.41) is 8.88. The molecule has 1 unspecified atom stereocenters. The van der Waals surface area contributed by atoms with Gasteiger partial charge in [-0.15, -0.1) is 0 Å². The van der Waals surface area contributed by atoms with Gasteiger partial charge in [-0.3, -0.25) is 4.79 Å². The Balaban J connectivity index is 2.29. The second-order valence-electron chi connectivity index (χ2n) is 4.40. The van der Waals surface area contributed by atoms with Crippen LogP contribution in [0, 0.1) is 0 Å². The normalized spacial score (nSPS) is 21.4. The third kappa shape index (κ3) is 2.52. The van der Waals surface area contributed by atoms with Gasteiger partial charge in [0.1, 0.15) is 5.56 Å². The Morgan fingerprint density at radius 3 is 3.00 bits per heavy atom. The molecule has 6 nitrogen and oxygen atoms in total. The Bertz CT molecular complexity index is 483. The number of aromatic nitrogens is 2. The molecule has 6 heteroatoms. The number of piperidine rings is 1. The predicted octanol–water partition coefficient (Wildman–Crippen LogP) is 0.208. The summed E-state index contributed by atoms with van der Waals surface area (Å²) in [7, 11) is 2.03.